The van der Waals surface area contributed by atoms with Gasteiger partial charge in [0.2, 0.25) is 5.89 Å². The molecule has 0 radical (unpaired) electrons. The summed E-state index contributed by atoms with van der Waals surface area (Å²) in [4.78, 5) is 13.0. The standard InChI is InChI=1S/C16H22N6O/c1-10(2)6-4-5-7-12-19-15-14(17)20-13(11(3)22(15)21-12)16-18-8-9-23-16/h8-10H,4-7H2,1-3H3,(H2,17,20). The molecule has 0 fully saturated rings. The number of anilines is 1. The lowest BCUT2D eigenvalue weighted by Crippen LogP contribution is -2.04. The first-order valence-electron chi connectivity index (χ1n) is 7.98. The third-order valence-electron chi connectivity index (χ3n) is 3.84. The zero-order valence-corrected chi connectivity index (χ0v) is 13.8. The smallest absolute Gasteiger partial charge is 0.246 e. The van der Waals surface area contributed by atoms with Crippen LogP contribution in [-0.2, 0) is 6.42 Å². The van der Waals surface area contributed by atoms with E-state index >= 15 is 0 Å². The van der Waals surface area contributed by atoms with Gasteiger partial charge in [-0.3, -0.25) is 0 Å². The lowest BCUT2D eigenvalue weighted by atomic mass is 10.1. The van der Waals surface area contributed by atoms with Gasteiger partial charge >= 0.3 is 0 Å². The van der Waals surface area contributed by atoms with Crippen molar-refractivity contribution in [2.24, 2.45) is 5.92 Å². The summed E-state index contributed by atoms with van der Waals surface area (Å²) in [5.41, 5.74) is 8.04. The maximum absolute atomic E-state index is 6.04. The first kappa shape index (κ1) is 15.5. The number of nitrogens with two attached hydrogens (primary N) is 1. The van der Waals surface area contributed by atoms with Crippen LogP contribution in [-0.4, -0.2) is 24.6 Å². The summed E-state index contributed by atoms with van der Waals surface area (Å²) < 4.78 is 7.06. The predicted octanol–water partition coefficient (Wildman–Crippen LogP) is 3.04. The fraction of sp³-hybridized carbons (Fsp3) is 0.500. The maximum atomic E-state index is 6.04. The number of hydrogen-bond acceptors (Lipinski definition) is 6. The second-order valence-electron chi connectivity index (χ2n) is 6.17. The van der Waals surface area contributed by atoms with E-state index in [1.165, 1.54) is 19.1 Å². The molecule has 0 saturated heterocycles. The Morgan fingerprint density at radius 1 is 1.26 bits per heavy atom. The highest BCUT2D eigenvalue weighted by Crippen LogP contribution is 2.23. The van der Waals surface area contributed by atoms with Gasteiger partial charge in [0.1, 0.15) is 12.0 Å². The van der Waals surface area contributed by atoms with E-state index in [0.29, 0.717) is 23.0 Å². The second kappa shape index (κ2) is 6.36. The Hall–Kier alpha value is -2.44. The van der Waals surface area contributed by atoms with Crippen molar-refractivity contribution >= 4 is 11.5 Å². The van der Waals surface area contributed by atoms with Gasteiger partial charge in [0.25, 0.3) is 0 Å². The van der Waals surface area contributed by atoms with E-state index in [1.54, 1.807) is 10.7 Å². The zero-order valence-electron chi connectivity index (χ0n) is 13.8. The van der Waals surface area contributed by atoms with Crippen molar-refractivity contribution in [1.82, 2.24) is 24.6 Å². The molecule has 7 nitrogen and oxygen atoms in total. The van der Waals surface area contributed by atoms with Crippen LogP contribution in [0.2, 0.25) is 0 Å². The van der Waals surface area contributed by atoms with E-state index in [4.69, 9.17) is 10.2 Å². The monoisotopic (exact) mass is 314 g/mol. The van der Waals surface area contributed by atoms with Gasteiger partial charge in [-0.05, 0) is 19.3 Å². The van der Waals surface area contributed by atoms with Crippen molar-refractivity contribution in [3.8, 4) is 11.6 Å². The average Bonchev–Trinajstić information content (AvgIpc) is 3.16. The summed E-state index contributed by atoms with van der Waals surface area (Å²) in [7, 11) is 0. The molecule has 0 aromatic carbocycles. The molecule has 3 rings (SSSR count). The van der Waals surface area contributed by atoms with Crippen LogP contribution in [0.3, 0.4) is 0 Å². The summed E-state index contributed by atoms with van der Waals surface area (Å²) >= 11 is 0. The van der Waals surface area contributed by atoms with Crippen molar-refractivity contribution in [1.29, 1.82) is 0 Å². The molecule has 0 amide bonds. The van der Waals surface area contributed by atoms with Gasteiger partial charge in [-0.25, -0.2) is 19.5 Å². The highest BCUT2D eigenvalue weighted by molar-refractivity contribution is 5.65. The number of fused-ring (bicyclic) bond motifs is 1. The Bertz CT molecular complexity index is 791. The maximum Gasteiger partial charge on any atom is 0.246 e. The average molecular weight is 314 g/mol. The van der Waals surface area contributed by atoms with Gasteiger partial charge < -0.3 is 10.2 Å². The molecular formula is C16H22N6O. The molecule has 0 aliphatic rings. The normalized spacial score (nSPS) is 11.7. The molecule has 122 valence electrons. The van der Waals surface area contributed by atoms with Crippen LogP contribution in [0.15, 0.2) is 16.9 Å². The number of oxazole rings is 1. The highest BCUT2D eigenvalue weighted by Gasteiger charge is 2.17. The number of hydrogen-bond donors (Lipinski definition) is 1. The molecule has 3 aromatic heterocycles. The van der Waals surface area contributed by atoms with Crippen LogP contribution in [0.1, 0.15) is 44.6 Å². The minimum atomic E-state index is 0.338. The van der Waals surface area contributed by atoms with Crippen LogP contribution in [0.4, 0.5) is 5.82 Å². The topological polar surface area (TPSA) is 95.1 Å². The van der Waals surface area contributed by atoms with Crippen molar-refractivity contribution < 1.29 is 4.42 Å². The summed E-state index contributed by atoms with van der Waals surface area (Å²) in [5, 5.41) is 4.58. The fourth-order valence-electron chi connectivity index (χ4n) is 2.59. The van der Waals surface area contributed by atoms with Crippen LogP contribution in [0.25, 0.3) is 17.2 Å². The molecule has 0 unspecified atom stereocenters. The van der Waals surface area contributed by atoms with E-state index < -0.39 is 0 Å². The number of rotatable bonds is 6. The van der Waals surface area contributed by atoms with Gasteiger partial charge in [-0.2, -0.15) is 5.10 Å². The SMILES string of the molecule is Cc1c(-c2ncco2)nc(N)c2nc(CCCCC(C)C)nn12. The van der Waals surface area contributed by atoms with Crippen molar-refractivity contribution in [2.45, 2.75) is 46.5 Å². The summed E-state index contributed by atoms with van der Waals surface area (Å²) in [6, 6.07) is 0. The Morgan fingerprint density at radius 2 is 2.09 bits per heavy atom. The van der Waals surface area contributed by atoms with E-state index in [0.717, 1.165) is 30.3 Å². The number of nitrogens with zero attached hydrogens (tertiary/aromatic N) is 5. The number of aromatic nitrogens is 5. The molecule has 2 N–H and O–H groups in total. The molecule has 23 heavy (non-hydrogen) atoms. The Kier molecular flexibility index (Phi) is 4.27. The molecule has 0 atom stereocenters. The molecule has 0 bridgehead atoms. The summed E-state index contributed by atoms with van der Waals surface area (Å²) in [5.74, 6) is 2.30. The number of unbranched alkanes of at least 4 members (excludes halogenated alkanes) is 1. The van der Waals surface area contributed by atoms with Gasteiger partial charge in [-0.1, -0.05) is 26.7 Å². The Balaban J connectivity index is 1.87. The third-order valence-corrected chi connectivity index (χ3v) is 3.84. The summed E-state index contributed by atoms with van der Waals surface area (Å²) in [6.45, 7) is 6.39. The Labute approximate surface area is 135 Å². The van der Waals surface area contributed by atoms with Gasteiger partial charge in [0.15, 0.2) is 17.3 Å². The van der Waals surface area contributed by atoms with Crippen LogP contribution in [0.5, 0.6) is 0 Å². The first-order chi connectivity index (χ1) is 11.1. The quantitative estimate of drug-likeness (QED) is 0.703. The van der Waals surface area contributed by atoms with Crippen LogP contribution in [0, 0.1) is 12.8 Å². The zero-order chi connectivity index (χ0) is 16.4. The van der Waals surface area contributed by atoms with E-state index in [1.807, 2.05) is 6.92 Å². The first-order valence-corrected chi connectivity index (χ1v) is 7.98. The van der Waals surface area contributed by atoms with Gasteiger partial charge in [0.05, 0.1) is 11.9 Å². The lowest BCUT2D eigenvalue weighted by molar-refractivity contribution is 0.534. The molecule has 0 aliphatic carbocycles. The van der Waals surface area contributed by atoms with E-state index in [2.05, 4.69) is 33.9 Å². The predicted molar refractivity (Wildman–Crippen MR) is 87.8 cm³/mol. The fourth-order valence-corrected chi connectivity index (χ4v) is 2.59. The van der Waals surface area contributed by atoms with Gasteiger partial charge in [0, 0.05) is 6.42 Å². The molecule has 0 aliphatic heterocycles. The van der Waals surface area contributed by atoms with Crippen LogP contribution >= 0.6 is 0 Å². The number of nitrogen functional groups attached to an aromatic ring is 1. The Morgan fingerprint density at radius 3 is 2.78 bits per heavy atom. The molecule has 3 heterocycles. The van der Waals surface area contributed by atoms with Crippen molar-refractivity contribution in [3.63, 3.8) is 0 Å². The second-order valence-corrected chi connectivity index (χ2v) is 6.17. The molecule has 0 spiro atoms. The largest absolute Gasteiger partial charge is 0.443 e. The molecule has 3 aromatic rings. The molecule has 7 heteroatoms. The van der Waals surface area contributed by atoms with Crippen molar-refractivity contribution in [2.75, 3.05) is 5.73 Å². The number of aryl methyl sites for hydroxylation is 2. The van der Waals surface area contributed by atoms with Gasteiger partial charge in [-0.15, -0.1) is 0 Å². The van der Waals surface area contributed by atoms with E-state index in [9.17, 15) is 0 Å². The van der Waals surface area contributed by atoms with Crippen LogP contribution < -0.4 is 5.73 Å². The van der Waals surface area contributed by atoms with Crippen molar-refractivity contribution in [3.05, 3.63) is 24.0 Å². The highest BCUT2D eigenvalue weighted by atomic mass is 16.3. The lowest BCUT2D eigenvalue weighted by Gasteiger charge is -2.04. The summed E-state index contributed by atoms with van der Waals surface area (Å²) in [6.07, 6.45) is 7.43. The van der Waals surface area contributed by atoms with E-state index in [-0.39, 0.29) is 0 Å². The molecule has 0 saturated carbocycles. The minimum Gasteiger partial charge on any atom is -0.443 e. The molecular weight excluding hydrogens is 292 g/mol. The third kappa shape index (κ3) is 3.18. The minimum absolute atomic E-state index is 0.338.